The van der Waals surface area contributed by atoms with Crippen molar-refractivity contribution in [1.29, 1.82) is 0 Å². The topological polar surface area (TPSA) is 52.6 Å². The van der Waals surface area contributed by atoms with E-state index in [0.29, 0.717) is 6.61 Å². The van der Waals surface area contributed by atoms with Gasteiger partial charge in [0.15, 0.2) is 0 Å². The number of rotatable bonds is 3. The van der Waals surface area contributed by atoms with Crippen LogP contribution in [0.2, 0.25) is 0 Å². The Kier molecular flexibility index (Phi) is 3.08. The molecule has 0 radical (unpaired) electrons. The average molecular weight is 172 g/mol. The van der Waals surface area contributed by atoms with Crippen LogP contribution in [0.3, 0.4) is 0 Å². The lowest BCUT2D eigenvalue weighted by Crippen LogP contribution is -2.18. The van der Waals surface area contributed by atoms with Crippen molar-refractivity contribution in [1.82, 2.24) is 0 Å². The fraction of sp³-hybridized carbons (Fsp3) is 0.750. The van der Waals surface area contributed by atoms with Crippen LogP contribution in [-0.4, -0.2) is 25.2 Å². The highest BCUT2D eigenvalue weighted by Crippen LogP contribution is 2.15. The molecule has 0 aromatic heterocycles. The van der Waals surface area contributed by atoms with Gasteiger partial charge in [0.1, 0.15) is 12.5 Å². The van der Waals surface area contributed by atoms with Crippen LogP contribution in [0.1, 0.15) is 19.8 Å². The van der Waals surface area contributed by atoms with Gasteiger partial charge < -0.3 is 9.47 Å². The smallest absolute Gasteiger partial charge is 0.313 e. The summed E-state index contributed by atoms with van der Waals surface area (Å²) in [4.78, 5) is 21.7. The van der Waals surface area contributed by atoms with Crippen LogP contribution in [0.4, 0.5) is 0 Å². The van der Waals surface area contributed by atoms with E-state index in [1.807, 2.05) is 6.92 Å². The number of hydrogen-bond donors (Lipinski definition) is 0. The number of carbonyl (C=O) groups is 2. The largest absolute Gasteiger partial charge is 0.465 e. The Bertz CT molecular complexity index is 187. The van der Waals surface area contributed by atoms with Gasteiger partial charge in [-0.15, -0.1) is 0 Å². The minimum atomic E-state index is -0.371. The molecular weight excluding hydrogens is 160 g/mol. The quantitative estimate of drug-likeness (QED) is 0.582. The maximum atomic E-state index is 11.1. The number of ether oxygens (including phenoxy) is 2. The molecule has 1 atom stereocenters. The van der Waals surface area contributed by atoms with Gasteiger partial charge in [-0.2, -0.15) is 0 Å². The SMILES string of the molecule is CCCOC(=O)C1COC(=O)C1. The first-order valence-corrected chi connectivity index (χ1v) is 4.06. The van der Waals surface area contributed by atoms with Gasteiger partial charge in [0.05, 0.1) is 13.0 Å². The van der Waals surface area contributed by atoms with Crippen LogP contribution < -0.4 is 0 Å². The molecule has 1 fully saturated rings. The second kappa shape index (κ2) is 4.09. The van der Waals surface area contributed by atoms with E-state index in [1.165, 1.54) is 0 Å². The van der Waals surface area contributed by atoms with Crippen molar-refractivity contribution in [2.45, 2.75) is 19.8 Å². The second-order valence-corrected chi connectivity index (χ2v) is 2.75. The molecule has 0 spiro atoms. The van der Waals surface area contributed by atoms with Gasteiger partial charge in [-0.25, -0.2) is 0 Å². The molecule has 12 heavy (non-hydrogen) atoms. The zero-order chi connectivity index (χ0) is 8.97. The molecule has 1 unspecified atom stereocenters. The van der Waals surface area contributed by atoms with E-state index in [0.717, 1.165) is 6.42 Å². The Morgan fingerprint density at radius 3 is 3.00 bits per heavy atom. The van der Waals surface area contributed by atoms with Crippen molar-refractivity contribution in [3.8, 4) is 0 Å². The molecule has 4 nitrogen and oxygen atoms in total. The third-order valence-corrected chi connectivity index (χ3v) is 1.64. The highest BCUT2D eigenvalue weighted by atomic mass is 16.6. The third kappa shape index (κ3) is 2.22. The van der Waals surface area contributed by atoms with Gasteiger partial charge in [0.25, 0.3) is 0 Å². The van der Waals surface area contributed by atoms with Crippen molar-refractivity contribution in [3.63, 3.8) is 0 Å². The standard InChI is InChI=1S/C8H12O4/c1-2-3-11-8(10)6-4-7(9)12-5-6/h6H,2-5H2,1H3. The molecule has 0 N–H and O–H groups in total. The average Bonchev–Trinajstić information content (AvgIpc) is 2.47. The summed E-state index contributed by atoms with van der Waals surface area (Å²) in [5.41, 5.74) is 0. The highest BCUT2D eigenvalue weighted by molar-refractivity contribution is 5.82. The molecule has 1 heterocycles. The minimum Gasteiger partial charge on any atom is -0.465 e. The molecule has 1 rings (SSSR count). The minimum absolute atomic E-state index is 0.169. The van der Waals surface area contributed by atoms with Gasteiger partial charge in [-0.05, 0) is 6.42 Å². The fourth-order valence-electron chi connectivity index (χ4n) is 0.984. The molecule has 4 heteroatoms. The van der Waals surface area contributed by atoms with E-state index >= 15 is 0 Å². The van der Waals surface area contributed by atoms with Crippen molar-refractivity contribution in [3.05, 3.63) is 0 Å². The van der Waals surface area contributed by atoms with E-state index in [4.69, 9.17) is 4.74 Å². The van der Waals surface area contributed by atoms with Crippen LogP contribution in [0.15, 0.2) is 0 Å². The molecule has 68 valence electrons. The summed E-state index contributed by atoms with van der Waals surface area (Å²) in [6.45, 7) is 2.52. The van der Waals surface area contributed by atoms with E-state index < -0.39 is 0 Å². The van der Waals surface area contributed by atoms with Crippen molar-refractivity contribution >= 4 is 11.9 Å². The first-order valence-electron chi connectivity index (χ1n) is 4.06. The number of esters is 2. The zero-order valence-corrected chi connectivity index (χ0v) is 7.04. The van der Waals surface area contributed by atoms with Crippen LogP contribution >= 0.6 is 0 Å². The first kappa shape index (κ1) is 9.03. The van der Waals surface area contributed by atoms with Crippen LogP contribution in [0.5, 0.6) is 0 Å². The molecular formula is C8H12O4. The molecule has 1 aliphatic heterocycles. The Hall–Kier alpha value is -1.06. The Morgan fingerprint density at radius 1 is 1.75 bits per heavy atom. The Balaban J connectivity index is 2.28. The molecule has 0 saturated carbocycles. The summed E-state index contributed by atoms with van der Waals surface area (Å²) >= 11 is 0. The predicted octanol–water partition coefficient (Wildman–Crippen LogP) is 0.503. The molecule has 0 aromatic carbocycles. The van der Waals surface area contributed by atoms with Crippen molar-refractivity contribution < 1.29 is 19.1 Å². The molecule has 0 amide bonds. The monoisotopic (exact) mass is 172 g/mol. The molecule has 1 aliphatic rings. The summed E-state index contributed by atoms with van der Waals surface area (Å²) in [6, 6.07) is 0. The Morgan fingerprint density at radius 2 is 2.50 bits per heavy atom. The van der Waals surface area contributed by atoms with E-state index in [-0.39, 0.29) is 30.9 Å². The van der Waals surface area contributed by atoms with E-state index in [9.17, 15) is 9.59 Å². The summed E-state index contributed by atoms with van der Waals surface area (Å²) in [6.07, 6.45) is 0.968. The van der Waals surface area contributed by atoms with Crippen LogP contribution in [0, 0.1) is 5.92 Å². The lowest BCUT2D eigenvalue weighted by atomic mass is 10.1. The first-order chi connectivity index (χ1) is 5.74. The number of carbonyl (C=O) groups excluding carboxylic acids is 2. The number of hydrogen-bond acceptors (Lipinski definition) is 4. The normalized spacial score (nSPS) is 22.1. The third-order valence-electron chi connectivity index (χ3n) is 1.64. The van der Waals surface area contributed by atoms with E-state index in [1.54, 1.807) is 0 Å². The fourth-order valence-corrected chi connectivity index (χ4v) is 0.984. The highest BCUT2D eigenvalue weighted by Gasteiger charge is 2.30. The summed E-state index contributed by atoms with van der Waals surface area (Å²) < 4.78 is 9.48. The predicted molar refractivity (Wildman–Crippen MR) is 40.3 cm³/mol. The second-order valence-electron chi connectivity index (χ2n) is 2.75. The van der Waals surface area contributed by atoms with Gasteiger partial charge in [-0.3, -0.25) is 9.59 Å². The Labute approximate surface area is 70.8 Å². The molecule has 0 aromatic rings. The molecule has 1 saturated heterocycles. The summed E-state index contributed by atoms with van der Waals surface area (Å²) in [5.74, 6) is -1.000. The van der Waals surface area contributed by atoms with Gasteiger partial charge in [0.2, 0.25) is 0 Å². The maximum absolute atomic E-state index is 11.1. The molecule has 0 bridgehead atoms. The molecule has 0 aliphatic carbocycles. The van der Waals surface area contributed by atoms with Crippen molar-refractivity contribution in [2.24, 2.45) is 5.92 Å². The van der Waals surface area contributed by atoms with E-state index in [2.05, 4.69) is 4.74 Å². The number of cyclic esters (lactones) is 1. The lowest BCUT2D eigenvalue weighted by molar-refractivity contribution is -0.148. The zero-order valence-electron chi connectivity index (χ0n) is 7.04. The van der Waals surface area contributed by atoms with Gasteiger partial charge in [-0.1, -0.05) is 6.92 Å². The van der Waals surface area contributed by atoms with Gasteiger partial charge >= 0.3 is 11.9 Å². The summed E-state index contributed by atoms with van der Waals surface area (Å²) in [5, 5.41) is 0. The lowest BCUT2D eigenvalue weighted by Gasteiger charge is -2.05. The summed E-state index contributed by atoms with van der Waals surface area (Å²) in [7, 11) is 0. The maximum Gasteiger partial charge on any atom is 0.313 e. The van der Waals surface area contributed by atoms with Crippen LogP contribution in [-0.2, 0) is 19.1 Å². The van der Waals surface area contributed by atoms with Crippen LogP contribution in [0.25, 0.3) is 0 Å². The van der Waals surface area contributed by atoms with Gasteiger partial charge in [0, 0.05) is 0 Å². The van der Waals surface area contributed by atoms with Crippen molar-refractivity contribution in [2.75, 3.05) is 13.2 Å².